The molecule has 2 aromatic heterocycles. The van der Waals surface area contributed by atoms with Crippen LogP contribution in [-0.2, 0) is 6.54 Å². The fourth-order valence-corrected chi connectivity index (χ4v) is 2.65. The number of anilines is 1. The fraction of sp³-hybridized carbons (Fsp3) is 0.421. The predicted molar refractivity (Wildman–Crippen MR) is 99.1 cm³/mol. The van der Waals surface area contributed by atoms with Crippen LogP contribution in [0, 0.1) is 20.8 Å². The lowest BCUT2D eigenvalue weighted by Gasteiger charge is -2.24. The van der Waals surface area contributed by atoms with Gasteiger partial charge in [0.15, 0.2) is 0 Å². The quantitative estimate of drug-likeness (QED) is 0.782. The van der Waals surface area contributed by atoms with Gasteiger partial charge in [0.05, 0.1) is 0 Å². The third-order valence-corrected chi connectivity index (χ3v) is 3.99. The van der Waals surface area contributed by atoms with Crippen LogP contribution < -0.4 is 10.1 Å². The molecular weight excluding hydrogens is 314 g/mol. The normalized spacial score (nSPS) is 11.8. The Kier molecular flexibility index (Phi) is 4.37. The number of hydrogen-bond donors (Lipinski definition) is 1. The van der Waals surface area contributed by atoms with Gasteiger partial charge in [-0.3, -0.25) is 0 Å². The minimum absolute atomic E-state index is 0.245. The van der Waals surface area contributed by atoms with Crippen LogP contribution in [0.5, 0.6) is 5.75 Å². The Bertz CT molecular complexity index is 908. The molecule has 132 valence electrons. The molecule has 0 radical (unpaired) electrons. The zero-order valence-electron chi connectivity index (χ0n) is 15.7. The molecule has 0 aliphatic heterocycles. The SMILES string of the molecule is Cc1ccc(CNc2c(C)c(C)nc3ncnn23)c(OC(C)(C)C)c1. The molecule has 0 bridgehead atoms. The van der Waals surface area contributed by atoms with Crippen LogP contribution in [-0.4, -0.2) is 25.2 Å². The summed E-state index contributed by atoms with van der Waals surface area (Å²) in [5.74, 6) is 2.40. The lowest BCUT2D eigenvalue weighted by atomic mass is 10.1. The first-order valence-corrected chi connectivity index (χ1v) is 8.44. The molecular formula is C19H25N5O. The maximum atomic E-state index is 6.14. The maximum absolute atomic E-state index is 6.14. The molecule has 0 saturated heterocycles. The summed E-state index contributed by atoms with van der Waals surface area (Å²) < 4.78 is 7.88. The van der Waals surface area contributed by atoms with Crippen molar-refractivity contribution in [1.82, 2.24) is 19.6 Å². The van der Waals surface area contributed by atoms with E-state index in [0.29, 0.717) is 12.3 Å². The van der Waals surface area contributed by atoms with E-state index in [0.717, 1.165) is 28.4 Å². The minimum Gasteiger partial charge on any atom is -0.488 e. The molecule has 1 N–H and O–H groups in total. The Balaban J connectivity index is 1.92. The molecule has 3 rings (SSSR count). The topological polar surface area (TPSA) is 64.3 Å². The van der Waals surface area contributed by atoms with Crippen molar-refractivity contribution in [3.63, 3.8) is 0 Å². The van der Waals surface area contributed by atoms with Crippen molar-refractivity contribution in [3.05, 3.63) is 46.9 Å². The molecule has 0 saturated carbocycles. The van der Waals surface area contributed by atoms with E-state index in [2.05, 4.69) is 66.3 Å². The highest BCUT2D eigenvalue weighted by Crippen LogP contribution is 2.26. The molecule has 6 heteroatoms. The van der Waals surface area contributed by atoms with Crippen molar-refractivity contribution in [1.29, 1.82) is 0 Å². The van der Waals surface area contributed by atoms with Gasteiger partial charge in [-0.05, 0) is 53.2 Å². The molecule has 2 heterocycles. The van der Waals surface area contributed by atoms with E-state index in [1.807, 2.05) is 13.8 Å². The van der Waals surface area contributed by atoms with Crippen LogP contribution >= 0.6 is 0 Å². The Labute approximate surface area is 148 Å². The summed E-state index contributed by atoms with van der Waals surface area (Å²) in [6.45, 7) is 12.9. The molecule has 0 amide bonds. The Morgan fingerprint density at radius 1 is 1.16 bits per heavy atom. The van der Waals surface area contributed by atoms with Gasteiger partial charge in [-0.15, -0.1) is 0 Å². The number of aryl methyl sites for hydroxylation is 2. The van der Waals surface area contributed by atoms with Crippen molar-refractivity contribution in [2.45, 2.75) is 53.7 Å². The second-order valence-electron chi connectivity index (χ2n) is 7.32. The second kappa shape index (κ2) is 6.35. The number of nitrogens with one attached hydrogen (secondary N) is 1. The molecule has 0 atom stereocenters. The van der Waals surface area contributed by atoms with Gasteiger partial charge in [0.25, 0.3) is 5.78 Å². The fourth-order valence-electron chi connectivity index (χ4n) is 2.65. The highest BCUT2D eigenvalue weighted by Gasteiger charge is 2.16. The first kappa shape index (κ1) is 17.2. The van der Waals surface area contributed by atoms with E-state index in [1.54, 1.807) is 4.52 Å². The largest absolute Gasteiger partial charge is 0.488 e. The average molecular weight is 339 g/mol. The van der Waals surface area contributed by atoms with Crippen LogP contribution in [0.2, 0.25) is 0 Å². The summed E-state index contributed by atoms with van der Waals surface area (Å²) in [5.41, 5.74) is 4.03. The summed E-state index contributed by atoms with van der Waals surface area (Å²) in [4.78, 5) is 8.64. The standard InChI is InChI=1S/C19H25N5O/c1-12-7-8-15(16(9-12)25-19(4,5)6)10-20-17-13(2)14(3)23-18-21-11-22-24(17)18/h7-9,11,20H,10H2,1-6H3. The lowest BCUT2D eigenvalue weighted by molar-refractivity contribution is 0.129. The van der Waals surface area contributed by atoms with E-state index >= 15 is 0 Å². The predicted octanol–water partition coefficient (Wildman–Crippen LogP) is 3.84. The maximum Gasteiger partial charge on any atom is 0.254 e. The van der Waals surface area contributed by atoms with Crippen molar-refractivity contribution in [2.75, 3.05) is 5.32 Å². The van der Waals surface area contributed by atoms with E-state index in [4.69, 9.17) is 4.74 Å². The van der Waals surface area contributed by atoms with Gasteiger partial charge >= 0.3 is 0 Å². The van der Waals surface area contributed by atoms with Crippen molar-refractivity contribution in [2.24, 2.45) is 0 Å². The molecule has 0 fully saturated rings. The monoisotopic (exact) mass is 339 g/mol. The van der Waals surface area contributed by atoms with Gasteiger partial charge in [0, 0.05) is 23.4 Å². The molecule has 3 aromatic rings. The van der Waals surface area contributed by atoms with E-state index < -0.39 is 0 Å². The lowest BCUT2D eigenvalue weighted by Crippen LogP contribution is -2.24. The first-order valence-electron chi connectivity index (χ1n) is 8.44. The summed E-state index contributed by atoms with van der Waals surface area (Å²) in [6, 6.07) is 6.28. The van der Waals surface area contributed by atoms with Gasteiger partial charge in [-0.25, -0.2) is 4.98 Å². The van der Waals surface area contributed by atoms with Crippen molar-refractivity contribution in [3.8, 4) is 5.75 Å². The van der Waals surface area contributed by atoms with Crippen LogP contribution in [0.4, 0.5) is 5.82 Å². The molecule has 25 heavy (non-hydrogen) atoms. The number of fused-ring (bicyclic) bond motifs is 1. The summed E-state index contributed by atoms with van der Waals surface area (Å²) in [7, 11) is 0. The number of nitrogens with zero attached hydrogens (tertiary/aromatic N) is 4. The third kappa shape index (κ3) is 3.73. The van der Waals surface area contributed by atoms with Crippen molar-refractivity contribution < 1.29 is 4.74 Å². The van der Waals surface area contributed by atoms with Crippen molar-refractivity contribution >= 4 is 11.6 Å². The zero-order valence-corrected chi connectivity index (χ0v) is 15.7. The molecule has 0 aliphatic carbocycles. The van der Waals surface area contributed by atoms with Gasteiger partial charge in [-0.1, -0.05) is 12.1 Å². The van der Waals surface area contributed by atoms with Crippen LogP contribution in [0.1, 0.15) is 43.2 Å². The minimum atomic E-state index is -0.245. The van der Waals surface area contributed by atoms with E-state index in [1.165, 1.54) is 11.9 Å². The van der Waals surface area contributed by atoms with Crippen LogP contribution in [0.3, 0.4) is 0 Å². The highest BCUT2D eigenvalue weighted by atomic mass is 16.5. The van der Waals surface area contributed by atoms with Crippen LogP contribution in [0.25, 0.3) is 5.78 Å². The molecule has 0 unspecified atom stereocenters. The second-order valence-corrected chi connectivity index (χ2v) is 7.32. The number of hydrogen-bond acceptors (Lipinski definition) is 5. The number of rotatable bonds is 4. The van der Waals surface area contributed by atoms with Gasteiger partial charge in [-0.2, -0.15) is 14.6 Å². The van der Waals surface area contributed by atoms with Gasteiger partial charge in [0.1, 0.15) is 23.5 Å². The molecule has 6 nitrogen and oxygen atoms in total. The molecule has 1 aromatic carbocycles. The van der Waals surface area contributed by atoms with Gasteiger partial charge < -0.3 is 10.1 Å². The van der Waals surface area contributed by atoms with Crippen LogP contribution in [0.15, 0.2) is 24.5 Å². The highest BCUT2D eigenvalue weighted by molar-refractivity contribution is 5.52. The third-order valence-electron chi connectivity index (χ3n) is 3.99. The Morgan fingerprint density at radius 2 is 1.92 bits per heavy atom. The zero-order chi connectivity index (χ0) is 18.2. The number of ether oxygens (including phenoxy) is 1. The van der Waals surface area contributed by atoms with E-state index in [9.17, 15) is 0 Å². The van der Waals surface area contributed by atoms with Gasteiger partial charge in [0.2, 0.25) is 0 Å². The number of aromatic nitrogens is 4. The number of benzene rings is 1. The smallest absolute Gasteiger partial charge is 0.254 e. The molecule has 0 spiro atoms. The Morgan fingerprint density at radius 3 is 2.64 bits per heavy atom. The summed E-state index contributed by atoms with van der Waals surface area (Å²) >= 11 is 0. The summed E-state index contributed by atoms with van der Waals surface area (Å²) in [6.07, 6.45) is 1.52. The first-order chi connectivity index (χ1) is 11.7. The average Bonchev–Trinajstić information content (AvgIpc) is 2.95. The Hall–Kier alpha value is -2.63. The molecule has 0 aliphatic rings. The summed E-state index contributed by atoms with van der Waals surface area (Å²) in [5, 5.41) is 7.76. The van der Waals surface area contributed by atoms with E-state index in [-0.39, 0.29) is 5.60 Å².